The van der Waals surface area contributed by atoms with Gasteiger partial charge in [0, 0.05) is 31.5 Å². The predicted octanol–water partition coefficient (Wildman–Crippen LogP) is 1.21. The number of aliphatic hydroxyl groups excluding tert-OH is 1. The molecule has 1 aliphatic heterocycles. The van der Waals surface area contributed by atoms with E-state index in [1.54, 1.807) is 0 Å². The van der Waals surface area contributed by atoms with Crippen molar-refractivity contribution in [1.82, 2.24) is 14.9 Å². The number of carbonyl (C=O) groups is 1. The minimum Gasteiger partial charge on any atom is -0.388 e. The molecular formula is C17H21N3O3. The number of aromatic nitrogens is 2. The third-order valence-corrected chi connectivity index (χ3v) is 5.05. The minimum absolute atomic E-state index is 0.0574. The Morgan fingerprint density at radius 3 is 3.13 bits per heavy atom. The van der Waals surface area contributed by atoms with Gasteiger partial charge in [-0.1, -0.05) is 12.1 Å². The molecule has 2 fully saturated rings. The molecule has 1 aromatic carbocycles. The number of ether oxygens (including phenoxy) is 1. The van der Waals surface area contributed by atoms with Gasteiger partial charge in [-0.3, -0.25) is 4.79 Å². The summed E-state index contributed by atoms with van der Waals surface area (Å²) in [5.74, 6) is 1.16. The summed E-state index contributed by atoms with van der Waals surface area (Å²) in [5, 5.41) is 12.6. The average molecular weight is 315 g/mol. The first-order valence-corrected chi connectivity index (χ1v) is 8.22. The zero-order chi connectivity index (χ0) is 15.8. The number of aryl methyl sites for hydroxylation is 1. The Labute approximate surface area is 134 Å². The van der Waals surface area contributed by atoms with Gasteiger partial charge in [-0.25, -0.2) is 4.98 Å². The summed E-state index contributed by atoms with van der Waals surface area (Å²) in [7, 11) is 0. The molecule has 1 saturated heterocycles. The van der Waals surface area contributed by atoms with Crippen LogP contribution in [0.25, 0.3) is 11.0 Å². The number of nitrogens with zero attached hydrogens (tertiary/aromatic N) is 2. The number of nitrogens with one attached hydrogen (secondary N) is 1. The van der Waals surface area contributed by atoms with Crippen molar-refractivity contribution in [2.75, 3.05) is 6.61 Å². The number of para-hydroxylation sites is 2. The number of benzene rings is 1. The molecule has 3 atom stereocenters. The van der Waals surface area contributed by atoms with E-state index in [2.05, 4.69) is 10.3 Å². The number of amides is 1. The lowest BCUT2D eigenvalue weighted by molar-refractivity contribution is -0.124. The lowest BCUT2D eigenvalue weighted by atomic mass is 9.76. The van der Waals surface area contributed by atoms with E-state index < -0.39 is 0 Å². The highest BCUT2D eigenvalue weighted by Gasteiger charge is 2.45. The number of hydrogen-bond acceptors (Lipinski definition) is 4. The van der Waals surface area contributed by atoms with Gasteiger partial charge in [-0.2, -0.15) is 0 Å². The molecule has 0 unspecified atom stereocenters. The van der Waals surface area contributed by atoms with Crippen LogP contribution in [0.2, 0.25) is 0 Å². The van der Waals surface area contributed by atoms with Crippen molar-refractivity contribution < 1.29 is 14.6 Å². The molecular weight excluding hydrogens is 294 g/mol. The van der Waals surface area contributed by atoms with Gasteiger partial charge >= 0.3 is 0 Å². The number of hydrogen-bond donors (Lipinski definition) is 2. The van der Waals surface area contributed by atoms with Crippen molar-refractivity contribution in [3.05, 3.63) is 30.1 Å². The highest BCUT2D eigenvalue weighted by molar-refractivity contribution is 5.78. The van der Waals surface area contributed by atoms with Gasteiger partial charge in [-0.15, -0.1) is 0 Å². The Hall–Kier alpha value is -1.92. The van der Waals surface area contributed by atoms with Gasteiger partial charge in [0.2, 0.25) is 5.91 Å². The van der Waals surface area contributed by atoms with E-state index in [1.165, 1.54) is 0 Å². The largest absolute Gasteiger partial charge is 0.388 e. The standard InChI is InChI=1S/C17H21N3O3/c21-10-16-18-12-3-1-2-4-14(12)20(16)7-5-17(22)19-13-9-15-11(13)6-8-23-15/h1-4,11,13,15,21H,5-10H2,(H,19,22)/t11-,13+,15+/m1/s1. The number of rotatable bonds is 5. The first-order chi connectivity index (χ1) is 11.3. The molecule has 2 aromatic rings. The van der Waals surface area contributed by atoms with Crippen molar-refractivity contribution in [2.45, 2.75) is 44.6 Å². The highest BCUT2D eigenvalue weighted by Crippen LogP contribution is 2.38. The Balaban J connectivity index is 1.40. The van der Waals surface area contributed by atoms with E-state index >= 15 is 0 Å². The smallest absolute Gasteiger partial charge is 0.222 e. The van der Waals surface area contributed by atoms with Gasteiger partial charge in [0.15, 0.2) is 0 Å². The van der Waals surface area contributed by atoms with E-state index in [1.807, 2.05) is 28.8 Å². The third kappa shape index (κ3) is 2.62. The van der Waals surface area contributed by atoms with Gasteiger partial charge in [-0.05, 0) is 25.0 Å². The summed E-state index contributed by atoms with van der Waals surface area (Å²) >= 11 is 0. The Kier molecular flexibility index (Phi) is 3.79. The third-order valence-electron chi connectivity index (χ3n) is 5.05. The van der Waals surface area contributed by atoms with E-state index in [-0.39, 0.29) is 18.6 Å². The lowest BCUT2D eigenvalue weighted by Crippen LogP contribution is -2.53. The first kappa shape index (κ1) is 14.7. The fourth-order valence-electron chi connectivity index (χ4n) is 3.75. The van der Waals surface area contributed by atoms with Crippen molar-refractivity contribution >= 4 is 16.9 Å². The fourth-order valence-corrected chi connectivity index (χ4v) is 3.75. The van der Waals surface area contributed by atoms with Crippen molar-refractivity contribution in [3.63, 3.8) is 0 Å². The Morgan fingerprint density at radius 1 is 1.43 bits per heavy atom. The van der Waals surface area contributed by atoms with Crippen molar-refractivity contribution in [3.8, 4) is 0 Å². The van der Waals surface area contributed by atoms with Crippen LogP contribution in [0, 0.1) is 5.92 Å². The molecule has 1 aromatic heterocycles. The fraction of sp³-hybridized carbons (Fsp3) is 0.529. The zero-order valence-corrected chi connectivity index (χ0v) is 12.9. The maximum absolute atomic E-state index is 12.2. The average Bonchev–Trinajstić information content (AvgIpc) is 3.10. The first-order valence-electron chi connectivity index (χ1n) is 8.22. The summed E-state index contributed by atoms with van der Waals surface area (Å²) in [4.78, 5) is 16.6. The van der Waals surface area contributed by atoms with Crippen LogP contribution >= 0.6 is 0 Å². The molecule has 2 aliphatic rings. The molecule has 122 valence electrons. The number of carbonyl (C=O) groups excluding carboxylic acids is 1. The summed E-state index contributed by atoms with van der Waals surface area (Å²) in [6.07, 6.45) is 2.74. The van der Waals surface area contributed by atoms with E-state index in [9.17, 15) is 9.90 Å². The second kappa shape index (κ2) is 5.94. The summed E-state index contributed by atoms with van der Waals surface area (Å²) < 4.78 is 7.50. The normalized spacial score (nSPS) is 26.0. The molecule has 1 aliphatic carbocycles. The molecule has 1 amide bonds. The van der Waals surface area contributed by atoms with Crippen LogP contribution in [0.3, 0.4) is 0 Å². The minimum atomic E-state index is -0.125. The molecule has 6 nitrogen and oxygen atoms in total. The number of aliphatic hydroxyl groups is 1. The van der Waals surface area contributed by atoms with E-state index in [0.29, 0.717) is 30.8 Å². The van der Waals surface area contributed by atoms with Crippen LogP contribution in [0.1, 0.15) is 25.1 Å². The van der Waals surface area contributed by atoms with Crippen LogP contribution < -0.4 is 5.32 Å². The molecule has 0 radical (unpaired) electrons. The van der Waals surface area contributed by atoms with Gasteiger partial charge in [0.25, 0.3) is 0 Å². The van der Waals surface area contributed by atoms with E-state index in [4.69, 9.17) is 4.74 Å². The molecule has 23 heavy (non-hydrogen) atoms. The number of imidazole rings is 1. The molecule has 6 heteroatoms. The summed E-state index contributed by atoms with van der Waals surface area (Å²) in [6, 6.07) is 8.01. The SMILES string of the molecule is O=C(CCn1c(CO)nc2ccccc21)N[C@H]1C[C@@H]2OCC[C@H]12. The quantitative estimate of drug-likeness (QED) is 0.869. The molecule has 0 bridgehead atoms. The van der Waals surface area contributed by atoms with Crippen molar-refractivity contribution in [2.24, 2.45) is 5.92 Å². The van der Waals surface area contributed by atoms with Crippen LogP contribution in [-0.4, -0.2) is 39.3 Å². The predicted molar refractivity (Wildman–Crippen MR) is 84.7 cm³/mol. The summed E-state index contributed by atoms with van der Waals surface area (Å²) in [6.45, 7) is 1.22. The second-order valence-corrected chi connectivity index (χ2v) is 6.35. The lowest BCUT2D eigenvalue weighted by Gasteiger charge is -2.39. The summed E-state index contributed by atoms with van der Waals surface area (Å²) in [5.41, 5.74) is 1.80. The molecule has 0 spiro atoms. The Morgan fingerprint density at radius 2 is 2.30 bits per heavy atom. The molecule has 2 heterocycles. The van der Waals surface area contributed by atoms with Crippen LogP contribution in [-0.2, 0) is 22.7 Å². The van der Waals surface area contributed by atoms with Gasteiger partial charge in [0.1, 0.15) is 12.4 Å². The maximum atomic E-state index is 12.2. The Bertz CT molecular complexity index is 727. The van der Waals surface area contributed by atoms with Gasteiger partial charge in [0.05, 0.1) is 17.1 Å². The topological polar surface area (TPSA) is 76.4 Å². The monoisotopic (exact) mass is 315 g/mol. The molecule has 4 rings (SSSR count). The number of fused-ring (bicyclic) bond motifs is 2. The zero-order valence-electron chi connectivity index (χ0n) is 12.9. The van der Waals surface area contributed by atoms with E-state index in [0.717, 1.165) is 30.5 Å². The van der Waals surface area contributed by atoms with Crippen LogP contribution in [0.15, 0.2) is 24.3 Å². The second-order valence-electron chi connectivity index (χ2n) is 6.35. The molecule has 2 N–H and O–H groups in total. The maximum Gasteiger partial charge on any atom is 0.222 e. The molecule has 1 saturated carbocycles. The highest BCUT2D eigenvalue weighted by atomic mass is 16.5. The van der Waals surface area contributed by atoms with Crippen molar-refractivity contribution in [1.29, 1.82) is 0 Å². The van der Waals surface area contributed by atoms with Gasteiger partial charge < -0.3 is 19.7 Å². The van der Waals surface area contributed by atoms with Crippen LogP contribution in [0.5, 0.6) is 0 Å². The van der Waals surface area contributed by atoms with Crippen LogP contribution in [0.4, 0.5) is 0 Å².